The van der Waals surface area contributed by atoms with E-state index in [1.54, 1.807) is 56.4 Å². The van der Waals surface area contributed by atoms with Gasteiger partial charge < -0.3 is 15.7 Å². The second-order valence-electron chi connectivity index (χ2n) is 7.27. The number of aromatic nitrogens is 2. The Labute approximate surface area is 187 Å². The number of rotatable bonds is 6. The third-order valence-corrected chi connectivity index (χ3v) is 5.52. The van der Waals surface area contributed by atoms with Gasteiger partial charge in [0.1, 0.15) is 11.6 Å². The summed E-state index contributed by atoms with van der Waals surface area (Å²) >= 11 is 0. The van der Waals surface area contributed by atoms with Crippen molar-refractivity contribution >= 4 is 33.0 Å². The summed E-state index contributed by atoms with van der Waals surface area (Å²) < 4.78 is 25.3. The fourth-order valence-electron chi connectivity index (χ4n) is 2.68. The van der Waals surface area contributed by atoms with Gasteiger partial charge in [-0.15, -0.1) is 0 Å². The van der Waals surface area contributed by atoms with Gasteiger partial charge in [0.25, 0.3) is 0 Å². The highest BCUT2D eigenvalue weighted by Gasteiger charge is 2.10. The van der Waals surface area contributed by atoms with Gasteiger partial charge in [-0.1, -0.05) is 11.8 Å². The quantitative estimate of drug-likeness (QED) is 0.337. The topological polar surface area (TPSA) is 113 Å². The van der Waals surface area contributed by atoms with Crippen molar-refractivity contribution < 1.29 is 13.7 Å². The molecule has 9 heteroatoms. The van der Waals surface area contributed by atoms with Crippen LogP contribution in [-0.4, -0.2) is 37.8 Å². The van der Waals surface area contributed by atoms with E-state index in [9.17, 15) is 13.7 Å². The van der Waals surface area contributed by atoms with Crippen molar-refractivity contribution in [1.29, 1.82) is 0 Å². The standard InChI is InChI=1S/C23H24FN5O2S/c1-15-12-17(5-11-21(15)24)4-6-18-13-26-23(29-22(18)27-16(2)14-30)28-19-7-9-20(10-8-19)32(3,25)31/h5,7-13,16,30H,3,14H2,1-2H3,(H2,25,31)(H2,26,27,28,29)/t16-,32?/m1/s1. The zero-order valence-corrected chi connectivity index (χ0v) is 18.5. The predicted molar refractivity (Wildman–Crippen MR) is 127 cm³/mol. The summed E-state index contributed by atoms with van der Waals surface area (Å²) in [5.74, 6) is 9.90. The van der Waals surface area contributed by atoms with Crippen molar-refractivity contribution in [1.82, 2.24) is 9.97 Å². The van der Waals surface area contributed by atoms with Crippen LogP contribution in [0.2, 0.25) is 0 Å². The fraction of sp³-hybridized carbons (Fsp3) is 0.174. The molecule has 2 atom stereocenters. The molecular weight excluding hydrogens is 429 g/mol. The number of halogens is 1. The van der Waals surface area contributed by atoms with Crippen LogP contribution in [0.4, 0.5) is 21.8 Å². The molecule has 0 spiro atoms. The van der Waals surface area contributed by atoms with Crippen LogP contribution >= 0.6 is 0 Å². The van der Waals surface area contributed by atoms with Crippen molar-refractivity contribution in [2.24, 2.45) is 5.14 Å². The normalized spacial score (nSPS) is 13.4. The lowest BCUT2D eigenvalue weighted by atomic mass is 10.1. The molecule has 1 aromatic heterocycles. The third kappa shape index (κ3) is 6.04. The Morgan fingerprint density at radius 3 is 2.59 bits per heavy atom. The largest absolute Gasteiger partial charge is 0.394 e. The first-order valence-electron chi connectivity index (χ1n) is 9.70. The van der Waals surface area contributed by atoms with E-state index < -0.39 is 9.71 Å². The van der Waals surface area contributed by atoms with Gasteiger partial charge in [-0.3, -0.25) is 5.14 Å². The van der Waals surface area contributed by atoms with E-state index in [-0.39, 0.29) is 18.5 Å². The summed E-state index contributed by atoms with van der Waals surface area (Å²) in [5, 5.41) is 21.1. The van der Waals surface area contributed by atoms with E-state index in [4.69, 9.17) is 5.14 Å². The molecule has 1 unspecified atom stereocenters. The van der Waals surface area contributed by atoms with E-state index in [2.05, 4.69) is 38.3 Å². The van der Waals surface area contributed by atoms with E-state index in [0.29, 0.717) is 39.0 Å². The highest BCUT2D eigenvalue weighted by Crippen LogP contribution is 2.19. The monoisotopic (exact) mass is 453 g/mol. The highest BCUT2D eigenvalue weighted by atomic mass is 32.2. The number of aliphatic hydroxyl groups excluding tert-OH is 1. The second kappa shape index (κ2) is 9.78. The molecule has 5 N–H and O–H groups in total. The van der Waals surface area contributed by atoms with Crippen molar-refractivity contribution in [2.75, 3.05) is 17.2 Å². The number of hydrogen-bond acceptors (Lipinski definition) is 6. The van der Waals surface area contributed by atoms with Crippen LogP contribution in [-0.2, 0) is 9.71 Å². The first-order chi connectivity index (χ1) is 15.2. The van der Waals surface area contributed by atoms with Gasteiger partial charge in [0.05, 0.1) is 28.1 Å². The number of hydrogen-bond donors (Lipinski definition) is 4. The summed E-state index contributed by atoms with van der Waals surface area (Å²) in [6.07, 6.45) is 1.56. The Morgan fingerprint density at radius 1 is 1.25 bits per heavy atom. The number of nitrogens with one attached hydrogen (secondary N) is 2. The smallest absolute Gasteiger partial charge is 0.229 e. The molecule has 0 fully saturated rings. The summed E-state index contributed by atoms with van der Waals surface area (Å²) in [7, 11) is -2.78. The lowest BCUT2D eigenvalue weighted by Gasteiger charge is -2.14. The van der Waals surface area contributed by atoms with Crippen molar-refractivity contribution in [3.8, 4) is 11.8 Å². The van der Waals surface area contributed by atoms with Gasteiger partial charge in [0.15, 0.2) is 0 Å². The average molecular weight is 454 g/mol. The van der Waals surface area contributed by atoms with Gasteiger partial charge >= 0.3 is 0 Å². The molecule has 3 rings (SSSR count). The zero-order chi connectivity index (χ0) is 23.3. The van der Waals surface area contributed by atoms with Gasteiger partial charge in [0.2, 0.25) is 5.95 Å². The molecule has 0 aliphatic heterocycles. The van der Waals surface area contributed by atoms with E-state index in [1.165, 1.54) is 6.07 Å². The predicted octanol–water partition coefficient (Wildman–Crippen LogP) is 2.81. The zero-order valence-electron chi connectivity index (χ0n) is 17.7. The number of benzene rings is 2. The molecule has 1 heterocycles. The molecule has 7 nitrogen and oxygen atoms in total. The Kier molecular flexibility index (Phi) is 7.10. The minimum absolute atomic E-state index is 0.0956. The number of anilines is 3. The van der Waals surface area contributed by atoms with E-state index in [1.807, 2.05) is 0 Å². The Balaban J connectivity index is 1.89. The lowest BCUT2D eigenvalue weighted by Crippen LogP contribution is -2.21. The summed E-state index contributed by atoms with van der Waals surface area (Å²) in [4.78, 5) is 9.21. The third-order valence-electron chi connectivity index (χ3n) is 4.45. The Hall–Kier alpha value is -3.45. The average Bonchev–Trinajstić information content (AvgIpc) is 2.75. The van der Waals surface area contributed by atoms with Crippen LogP contribution < -0.4 is 15.8 Å². The van der Waals surface area contributed by atoms with Gasteiger partial charge in [-0.2, -0.15) is 4.98 Å². The first kappa shape index (κ1) is 23.2. The van der Waals surface area contributed by atoms with Crippen LogP contribution in [0.5, 0.6) is 0 Å². The number of nitrogens with zero attached hydrogens (tertiary/aromatic N) is 2. The first-order valence-corrected chi connectivity index (χ1v) is 11.5. The summed E-state index contributed by atoms with van der Waals surface area (Å²) in [5.41, 5.74) is 2.36. The maximum absolute atomic E-state index is 13.5. The van der Waals surface area contributed by atoms with Crippen molar-refractivity contribution in [2.45, 2.75) is 24.8 Å². The van der Waals surface area contributed by atoms with Crippen LogP contribution in [0.15, 0.2) is 53.6 Å². The maximum Gasteiger partial charge on any atom is 0.229 e. The summed E-state index contributed by atoms with van der Waals surface area (Å²) in [6, 6.07) is 11.0. The molecule has 0 saturated heterocycles. The van der Waals surface area contributed by atoms with Crippen LogP contribution in [0.25, 0.3) is 0 Å². The number of aryl methyl sites for hydroxylation is 1. The molecule has 32 heavy (non-hydrogen) atoms. The molecule has 3 aromatic rings. The molecule has 0 aliphatic carbocycles. The Bertz CT molecular complexity index is 1280. The molecular formula is C23H24FN5O2S. The molecule has 0 amide bonds. The number of nitrogens with two attached hydrogens (primary N) is 1. The molecule has 0 bridgehead atoms. The van der Waals surface area contributed by atoms with Crippen molar-refractivity contribution in [3.05, 3.63) is 71.2 Å². The van der Waals surface area contributed by atoms with Crippen molar-refractivity contribution in [3.63, 3.8) is 0 Å². The van der Waals surface area contributed by atoms with E-state index in [0.717, 1.165) is 0 Å². The molecule has 166 valence electrons. The van der Waals surface area contributed by atoms with Gasteiger partial charge in [-0.25, -0.2) is 13.6 Å². The maximum atomic E-state index is 13.5. The lowest BCUT2D eigenvalue weighted by molar-refractivity contribution is 0.281. The highest BCUT2D eigenvalue weighted by molar-refractivity contribution is 7.98. The van der Waals surface area contributed by atoms with E-state index >= 15 is 0 Å². The molecule has 0 radical (unpaired) electrons. The molecule has 2 aromatic carbocycles. The van der Waals surface area contributed by atoms with Crippen LogP contribution in [0, 0.1) is 24.6 Å². The minimum atomic E-state index is -2.78. The fourth-order valence-corrected chi connectivity index (χ4v) is 3.28. The second-order valence-corrected chi connectivity index (χ2v) is 9.20. The Morgan fingerprint density at radius 2 is 1.97 bits per heavy atom. The minimum Gasteiger partial charge on any atom is -0.394 e. The van der Waals surface area contributed by atoms with Gasteiger partial charge in [-0.05, 0) is 67.7 Å². The van der Waals surface area contributed by atoms with Crippen LogP contribution in [0.1, 0.15) is 23.6 Å². The molecule has 0 aliphatic rings. The number of aliphatic hydroxyl groups is 1. The molecule has 0 saturated carbocycles. The van der Waals surface area contributed by atoms with Crippen LogP contribution in [0.3, 0.4) is 0 Å². The van der Waals surface area contributed by atoms with Gasteiger partial charge in [0, 0.05) is 22.2 Å². The SMILES string of the molecule is C=S(N)(=O)c1ccc(Nc2ncc(C#Cc3ccc(F)c(C)c3)c(N[C@H](C)CO)n2)cc1. The summed E-state index contributed by atoms with van der Waals surface area (Å²) in [6.45, 7) is 3.38.